The van der Waals surface area contributed by atoms with Gasteiger partial charge in [0.2, 0.25) is 0 Å². The van der Waals surface area contributed by atoms with Crippen molar-refractivity contribution < 1.29 is 4.74 Å². The summed E-state index contributed by atoms with van der Waals surface area (Å²) in [6.07, 6.45) is 0. The fourth-order valence-electron chi connectivity index (χ4n) is 3.89. The molecule has 31 heavy (non-hydrogen) atoms. The summed E-state index contributed by atoms with van der Waals surface area (Å²) in [7, 11) is 1.70. The molecule has 0 radical (unpaired) electrons. The first-order valence-electron chi connectivity index (χ1n) is 10.4. The number of ether oxygens (including phenoxy) is 1. The van der Waals surface area contributed by atoms with E-state index in [1.807, 2.05) is 36.0 Å². The highest BCUT2D eigenvalue weighted by atomic mass is 32.2. The van der Waals surface area contributed by atoms with E-state index >= 15 is 0 Å². The average Bonchev–Trinajstić information content (AvgIpc) is 2.82. The number of benzene rings is 4. The fourth-order valence-corrected chi connectivity index (χ4v) is 5.43. The van der Waals surface area contributed by atoms with Gasteiger partial charge in [-0.15, -0.1) is 11.8 Å². The van der Waals surface area contributed by atoms with Gasteiger partial charge in [-0.05, 0) is 47.4 Å². The molecule has 1 unspecified atom stereocenters. The quantitative estimate of drug-likeness (QED) is 0.261. The van der Waals surface area contributed by atoms with Crippen molar-refractivity contribution in [3.63, 3.8) is 0 Å². The number of thioether (sulfide) groups is 1. The minimum Gasteiger partial charge on any atom is -0.497 e. The van der Waals surface area contributed by atoms with Crippen molar-refractivity contribution in [3.8, 4) is 5.75 Å². The van der Waals surface area contributed by atoms with Gasteiger partial charge in [0, 0.05) is 11.4 Å². The molecule has 2 nitrogen and oxygen atoms in total. The van der Waals surface area contributed by atoms with E-state index in [0.717, 1.165) is 22.8 Å². The molecule has 0 amide bonds. The first-order valence-corrected chi connectivity index (χ1v) is 11.4. The number of hydrogen-bond acceptors (Lipinski definition) is 3. The zero-order chi connectivity index (χ0) is 21.7. The predicted molar refractivity (Wildman–Crippen MR) is 133 cm³/mol. The Balaban J connectivity index is 1.91. The highest BCUT2D eigenvalue weighted by molar-refractivity contribution is 7.99. The van der Waals surface area contributed by atoms with E-state index in [0.29, 0.717) is 0 Å². The number of nitrogens with two attached hydrogens (primary N) is 1. The van der Waals surface area contributed by atoms with Crippen LogP contribution in [0.25, 0.3) is 0 Å². The first-order chi connectivity index (χ1) is 15.1. The topological polar surface area (TPSA) is 35.2 Å². The van der Waals surface area contributed by atoms with Crippen molar-refractivity contribution in [1.82, 2.24) is 0 Å². The molecule has 0 aliphatic carbocycles. The van der Waals surface area contributed by atoms with Crippen molar-refractivity contribution in [2.45, 2.75) is 17.4 Å². The van der Waals surface area contributed by atoms with Crippen molar-refractivity contribution in [2.24, 2.45) is 0 Å². The maximum atomic E-state index is 6.29. The summed E-state index contributed by atoms with van der Waals surface area (Å²) in [5, 5.41) is 0. The third kappa shape index (κ3) is 4.33. The molecule has 0 bridgehead atoms. The number of aryl methyl sites for hydroxylation is 1. The summed E-state index contributed by atoms with van der Waals surface area (Å²) >= 11 is 1.89. The van der Waals surface area contributed by atoms with Gasteiger partial charge in [0.1, 0.15) is 5.75 Å². The van der Waals surface area contributed by atoms with Crippen LogP contribution in [0.4, 0.5) is 5.69 Å². The second kappa shape index (κ2) is 9.32. The maximum absolute atomic E-state index is 6.29. The normalized spacial score (nSPS) is 12.8. The third-order valence-corrected chi connectivity index (χ3v) is 7.23. The van der Waals surface area contributed by atoms with Gasteiger partial charge in [-0.3, -0.25) is 0 Å². The molecule has 0 saturated carbocycles. The Hall–Kier alpha value is -3.17. The van der Waals surface area contributed by atoms with Crippen LogP contribution in [0.3, 0.4) is 0 Å². The van der Waals surface area contributed by atoms with Crippen LogP contribution in [0.2, 0.25) is 0 Å². The van der Waals surface area contributed by atoms with Crippen LogP contribution in [0, 0.1) is 6.92 Å². The Kier molecular flexibility index (Phi) is 6.34. The molecule has 0 aliphatic heterocycles. The molecule has 156 valence electrons. The molecule has 4 rings (SSSR count). The summed E-state index contributed by atoms with van der Waals surface area (Å²) in [5.41, 5.74) is 13.2. The molecule has 4 aromatic carbocycles. The molecule has 0 spiro atoms. The molecule has 2 N–H and O–H groups in total. The molecule has 3 heteroatoms. The number of para-hydroxylation sites is 1. The minimum absolute atomic E-state index is 0.385. The van der Waals surface area contributed by atoms with Gasteiger partial charge in [-0.2, -0.15) is 0 Å². The summed E-state index contributed by atoms with van der Waals surface area (Å²) in [4.78, 5) is 0. The third-order valence-electron chi connectivity index (χ3n) is 5.63. The van der Waals surface area contributed by atoms with Crippen molar-refractivity contribution >= 4 is 17.4 Å². The Morgan fingerprint density at radius 2 is 1.26 bits per heavy atom. The Bertz CT molecular complexity index is 1120. The lowest BCUT2D eigenvalue weighted by Crippen LogP contribution is -2.26. The van der Waals surface area contributed by atoms with Crippen LogP contribution < -0.4 is 10.5 Å². The highest BCUT2D eigenvalue weighted by Crippen LogP contribution is 2.50. The average molecular weight is 426 g/mol. The lowest BCUT2D eigenvalue weighted by atomic mass is 9.83. The molecule has 0 heterocycles. The number of nitrogen functional groups attached to an aromatic ring is 1. The predicted octanol–water partition coefficient (Wildman–Crippen LogP) is 6.81. The van der Waals surface area contributed by atoms with Crippen molar-refractivity contribution in [2.75, 3.05) is 12.8 Å². The summed E-state index contributed by atoms with van der Waals surface area (Å²) < 4.78 is 5.05. The van der Waals surface area contributed by atoms with Gasteiger partial charge in [0.05, 0.1) is 11.9 Å². The van der Waals surface area contributed by atoms with E-state index in [-0.39, 0.29) is 4.75 Å². The van der Waals surface area contributed by atoms with Crippen LogP contribution in [-0.2, 0) is 10.5 Å². The largest absolute Gasteiger partial charge is 0.497 e. The van der Waals surface area contributed by atoms with Gasteiger partial charge < -0.3 is 10.5 Å². The number of methoxy groups -OCH3 is 1. The summed E-state index contributed by atoms with van der Waals surface area (Å²) in [6.45, 7) is 2.12. The maximum Gasteiger partial charge on any atom is 0.118 e. The minimum atomic E-state index is -0.385. The monoisotopic (exact) mass is 425 g/mol. The van der Waals surface area contributed by atoms with Gasteiger partial charge in [0.15, 0.2) is 0 Å². The molecule has 0 aromatic heterocycles. The zero-order valence-corrected chi connectivity index (χ0v) is 18.7. The van der Waals surface area contributed by atoms with Crippen molar-refractivity contribution in [3.05, 3.63) is 131 Å². The molecular formula is C28H27NOS. The Labute approximate surface area is 189 Å². The SMILES string of the molecule is COc1ccc(C(SCc2ccccc2N)(c2ccccc2)c2ccc(C)cc2)cc1. The van der Waals surface area contributed by atoms with E-state index in [1.54, 1.807) is 7.11 Å². The van der Waals surface area contributed by atoms with E-state index in [2.05, 4.69) is 85.8 Å². The van der Waals surface area contributed by atoms with Crippen LogP contribution in [0.5, 0.6) is 5.75 Å². The molecule has 0 aliphatic rings. The fraction of sp³-hybridized carbons (Fsp3) is 0.143. The Morgan fingerprint density at radius 1 is 0.710 bits per heavy atom. The van der Waals surface area contributed by atoms with Crippen molar-refractivity contribution in [1.29, 1.82) is 0 Å². The van der Waals surface area contributed by atoms with Crippen LogP contribution in [-0.4, -0.2) is 7.11 Å². The second-order valence-corrected chi connectivity index (χ2v) is 8.82. The van der Waals surface area contributed by atoms with Crippen LogP contribution >= 0.6 is 11.8 Å². The van der Waals surface area contributed by atoms with Gasteiger partial charge in [-0.1, -0.05) is 90.5 Å². The number of anilines is 1. The number of rotatable bonds is 7. The lowest BCUT2D eigenvalue weighted by Gasteiger charge is -2.36. The highest BCUT2D eigenvalue weighted by Gasteiger charge is 2.37. The first kappa shape index (κ1) is 21.1. The van der Waals surface area contributed by atoms with Gasteiger partial charge in [0.25, 0.3) is 0 Å². The summed E-state index contributed by atoms with van der Waals surface area (Å²) in [6, 6.07) is 36.1. The van der Waals surface area contributed by atoms with Crippen LogP contribution in [0.15, 0.2) is 103 Å². The van der Waals surface area contributed by atoms with E-state index < -0.39 is 0 Å². The van der Waals surface area contributed by atoms with E-state index in [4.69, 9.17) is 10.5 Å². The smallest absolute Gasteiger partial charge is 0.118 e. The van der Waals surface area contributed by atoms with E-state index in [9.17, 15) is 0 Å². The molecule has 1 atom stereocenters. The molecule has 4 aromatic rings. The number of hydrogen-bond donors (Lipinski definition) is 1. The molecular weight excluding hydrogens is 398 g/mol. The Morgan fingerprint density at radius 3 is 1.87 bits per heavy atom. The standard InChI is InChI=1S/C28H27NOS/c1-21-12-14-24(15-13-21)28(23-9-4-3-5-10-23,25-16-18-26(30-2)19-17-25)31-20-22-8-6-7-11-27(22)29/h3-19H,20,29H2,1-2H3. The summed E-state index contributed by atoms with van der Waals surface area (Å²) in [5.74, 6) is 1.65. The van der Waals surface area contributed by atoms with Gasteiger partial charge >= 0.3 is 0 Å². The molecule has 0 saturated heterocycles. The van der Waals surface area contributed by atoms with Crippen LogP contribution in [0.1, 0.15) is 27.8 Å². The molecule has 0 fully saturated rings. The van der Waals surface area contributed by atoms with E-state index in [1.165, 1.54) is 22.3 Å². The zero-order valence-electron chi connectivity index (χ0n) is 17.9. The lowest BCUT2D eigenvalue weighted by molar-refractivity contribution is 0.414. The van der Waals surface area contributed by atoms with Gasteiger partial charge in [-0.25, -0.2) is 0 Å². The second-order valence-electron chi connectivity index (χ2n) is 7.63.